The highest BCUT2D eigenvalue weighted by atomic mass is 32.2. The molecule has 3 aromatic rings. The van der Waals surface area contributed by atoms with E-state index in [1.54, 1.807) is 24.3 Å². The van der Waals surface area contributed by atoms with Crippen LogP contribution >= 0.6 is 0 Å². The molecule has 0 saturated heterocycles. The number of carbonyl (C=O) groups is 2. The number of amides is 2. The predicted molar refractivity (Wildman–Crippen MR) is 89.7 cm³/mol. The maximum Gasteiger partial charge on any atom is 0.279 e. The fraction of sp³-hybridized carbons (Fsp3) is 0. The zero-order valence-electron chi connectivity index (χ0n) is 12.7. The molecular weight excluding hydrogens is 342 g/mol. The fourth-order valence-corrected chi connectivity index (χ4v) is 4.32. The van der Waals surface area contributed by atoms with E-state index in [0.717, 1.165) is 0 Å². The molecule has 124 valence electrons. The Hall–Kier alpha value is -3.19. The quantitative estimate of drug-likeness (QED) is 0.715. The van der Waals surface area contributed by atoms with Crippen LogP contribution in [-0.4, -0.2) is 29.6 Å². The van der Waals surface area contributed by atoms with E-state index in [9.17, 15) is 23.1 Å². The zero-order valence-corrected chi connectivity index (χ0v) is 13.5. The molecule has 2 amide bonds. The van der Waals surface area contributed by atoms with Crippen LogP contribution in [0.1, 0.15) is 20.7 Å². The van der Waals surface area contributed by atoms with E-state index in [0.29, 0.717) is 5.39 Å². The van der Waals surface area contributed by atoms with Crippen LogP contribution in [0.5, 0.6) is 5.75 Å². The van der Waals surface area contributed by atoms with Gasteiger partial charge in [-0.1, -0.05) is 36.4 Å². The van der Waals surface area contributed by atoms with E-state index in [1.807, 2.05) is 0 Å². The molecule has 3 aromatic carbocycles. The molecule has 0 saturated carbocycles. The van der Waals surface area contributed by atoms with Gasteiger partial charge in [0, 0.05) is 10.9 Å². The standard InChI is InChI=1S/C18H11NO5S/c20-14-10-9-11-5-4-8-13-15(11)16(14)18(22)19(17(13)21)25(23,24)12-6-2-1-3-7-12/h1-10,20H. The number of phenols is 1. The number of benzene rings is 3. The summed E-state index contributed by atoms with van der Waals surface area (Å²) < 4.78 is 25.9. The molecule has 1 aliphatic rings. The smallest absolute Gasteiger partial charge is 0.279 e. The summed E-state index contributed by atoms with van der Waals surface area (Å²) in [4.78, 5) is 25.4. The first-order valence-electron chi connectivity index (χ1n) is 7.36. The Morgan fingerprint density at radius 2 is 1.52 bits per heavy atom. The van der Waals surface area contributed by atoms with E-state index >= 15 is 0 Å². The van der Waals surface area contributed by atoms with Crippen molar-refractivity contribution in [2.45, 2.75) is 4.90 Å². The van der Waals surface area contributed by atoms with Gasteiger partial charge in [-0.3, -0.25) is 9.59 Å². The van der Waals surface area contributed by atoms with Gasteiger partial charge in [0.2, 0.25) is 0 Å². The van der Waals surface area contributed by atoms with Gasteiger partial charge in [0.15, 0.2) is 0 Å². The molecule has 7 heteroatoms. The van der Waals surface area contributed by atoms with Crippen molar-refractivity contribution in [3.8, 4) is 5.75 Å². The summed E-state index contributed by atoms with van der Waals surface area (Å²) in [5, 5.41) is 11.0. The van der Waals surface area contributed by atoms with E-state index in [4.69, 9.17) is 0 Å². The number of rotatable bonds is 2. The van der Waals surface area contributed by atoms with Crippen LogP contribution < -0.4 is 0 Å². The molecule has 0 aromatic heterocycles. The van der Waals surface area contributed by atoms with Gasteiger partial charge < -0.3 is 5.11 Å². The second kappa shape index (κ2) is 5.15. The van der Waals surface area contributed by atoms with Crippen LogP contribution in [0, 0.1) is 0 Å². The summed E-state index contributed by atoms with van der Waals surface area (Å²) in [5.74, 6) is -2.36. The Balaban J connectivity index is 2.02. The van der Waals surface area contributed by atoms with Gasteiger partial charge in [0.05, 0.1) is 10.5 Å². The summed E-state index contributed by atoms with van der Waals surface area (Å²) in [6.07, 6.45) is 0. The van der Waals surface area contributed by atoms with Crippen molar-refractivity contribution in [3.05, 3.63) is 71.8 Å². The van der Waals surface area contributed by atoms with Gasteiger partial charge in [0.1, 0.15) is 5.75 Å². The van der Waals surface area contributed by atoms with Crippen LogP contribution in [-0.2, 0) is 10.0 Å². The maximum absolute atomic E-state index is 12.9. The number of phenolic OH excluding ortho intramolecular Hbond substituents is 1. The maximum atomic E-state index is 12.9. The monoisotopic (exact) mass is 353 g/mol. The van der Waals surface area contributed by atoms with Crippen LogP contribution in [0.3, 0.4) is 0 Å². The molecule has 4 rings (SSSR count). The molecule has 0 atom stereocenters. The molecule has 1 aliphatic heterocycles. The minimum absolute atomic E-state index is 0.0579. The first kappa shape index (κ1) is 15.3. The first-order chi connectivity index (χ1) is 11.9. The molecule has 0 fully saturated rings. The summed E-state index contributed by atoms with van der Waals surface area (Å²) in [6.45, 7) is 0. The Morgan fingerprint density at radius 3 is 2.24 bits per heavy atom. The summed E-state index contributed by atoms with van der Waals surface area (Å²) in [7, 11) is -4.39. The van der Waals surface area contributed by atoms with Crippen molar-refractivity contribution in [2.75, 3.05) is 0 Å². The zero-order chi connectivity index (χ0) is 17.8. The lowest BCUT2D eigenvalue weighted by Crippen LogP contribution is -2.44. The van der Waals surface area contributed by atoms with Gasteiger partial charge in [-0.25, -0.2) is 8.42 Å². The van der Waals surface area contributed by atoms with Crippen molar-refractivity contribution in [1.29, 1.82) is 0 Å². The molecule has 6 nitrogen and oxygen atoms in total. The highest BCUT2D eigenvalue weighted by molar-refractivity contribution is 7.90. The number of carbonyl (C=O) groups excluding carboxylic acids is 2. The van der Waals surface area contributed by atoms with E-state index < -0.39 is 21.8 Å². The third kappa shape index (κ3) is 2.06. The van der Waals surface area contributed by atoms with Gasteiger partial charge in [0.25, 0.3) is 21.8 Å². The van der Waals surface area contributed by atoms with Crippen molar-refractivity contribution in [2.24, 2.45) is 0 Å². The SMILES string of the molecule is O=C1c2cccc3ccc(O)c(c23)C(=O)N1S(=O)(=O)c1ccccc1. The van der Waals surface area contributed by atoms with Crippen LogP contribution in [0.15, 0.2) is 65.6 Å². The number of nitrogens with zero attached hydrogens (tertiary/aromatic N) is 1. The van der Waals surface area contributed by atoms with Crippen molar-refractivity contribution >= 4 is 32.6 Å². The minimum Gasteiger partial charge on any atom is -0.507 e. The molecule has 0 unspecified atom stereocenters. The van der Waals surface area contributed by atoms with Gasteiger partial charge >= 0.3 is 0 Å². The fourth-order valence-electron chi connectivity index (χ4n) is 2.98. The number of sulfonamides is 1. The highest BCUT2D eigenvalue weighted by Crippen LogP contribution is 2.37. The molecule has 0 spiro atoms. The normalized spacial score (nSPS) is 14.2. The Morgan fingerprint density at radius 1 is 0.800 bits per heavy atom. The molecule has 0 bridgehead atoms. The lowest BCUT2D eigenvalue weighted by Gasteiger charge is -2.26. The molecule has 0 aliphatic carbocycles. The first-order valence-corrected chi connectivity index (χ1v) is 8.80. The summed E-state index contributed by atoms with van der Waals surface area (Å²) >= 11 is 0. The molecule has 0 radical (unpaired) electrons. The predicted octanol–water partition coefficient (Wildman–Crippen LogP) is 2.53. The van der Waals surface area contributed by atoms with E-state index in [-0.39, 0.29) is 31.5 Å². The number of hydrogen-bond donors (Lipinski definition) is 1. The lowest BCUT2D eigenvalue weighted by atomic mass is 9.94. The average Bonchev–Trinajstić information content (AvgIpc) is 2.61. The lowest BCUT2D eigenvalue weighted by molar-refractivity contribution is 0.0724. The number of hydrogen-bond acceptors (Lipinski definition) is 5. The Kier molecular flexibility index (Phi) is 3.16. The van der Waals surface area contributed by atoms with Crippen LogP contribution in [0.25, 0.3) is 10.8 Å². The minimum atomic E-state index is -4.39. The van der Waals surface area contributed by atoms with E-state index in [2.05, 4.69) is 0 Å². The van der Waals surface area contributed by atoms with E-state index in [1.165, 1.54) is 36.4 Å². The molecule has 25 heavy (non-hydrogen) atoms. The summed E-state index contributed by atoms with van der Waals surface area (Å²) in [6, 6.07) is 14.8. The van der Waals surface area contributed by atoms with Crippen LogP contribution in [0.2, 0.25) is 0 Å². The second-order valence-corrected chi connectivity index (χ2v) is 7.34. The van der Waals surface area contributed by atoms with Gasteiger partial charge in [-0.2, -0.15) is 4.31 Å². The number of aromatic hydroxyl groups is 1. The van der Waals surface area contributed by atoms with Crippen molar-refractivity contribution < 1.29 is 23.1 Å². The largest absolute Gasteiger partial charge is 0.507 e. The third-order valence-corrected chi connectivity index (χ3v) is 5.80. The molecular formula is C18H11NO5S. The van der Waals surface area contributed by atoms with Gasteiger partial charge in [-0.05, 0) is 29.7 Å². The number of imide groups is 1. The van der Waals surface area contributed by atoms with Crippen molar-refractivity contribution in [1.82, 2.24) is 4.31 Å². The molecule has 1 heterocycles. The Bertz CT molecular complexity index is 1150. The van der Waals surface area contributed by atoms with Crippen molar-refractivity contribution in [3.63, 3.8) is 0 Å². The van der Waals surface area contributed by atoms with Gasteiger partial charge in [-0.15, -0.1) is 0 Å². The Labute approximate surface area is 143 Å². The third-order valence-electron chi connectivity index (χ3n) is 4.12. The second-order valence-electron chi connectivity index (χ2n) is 5.56. The van der Waals surface area contributed by atoms with Crippen LogP contribution in [0.4, 0.5) is 0 Å². The summed E-state index contributed by atoms with van der Waals surface area (Å²) in [5.41, 5.74) is -0.130. The average molecular weight is 353 g/mol. The highest BCUT2D eigenvalue weighted by Gasteiger charge is 2.42. The topological polar surface area (TPSA) is 91.8 Å². The molecule has 1 N–H and O–H groups in total.